The fourth-order valence-electron chi connectivity index (χ4n) is 2.29. The number of hydrogen-bond donors (Lipinski definition) is 0. The van der Waals surface area contributed by atoms with Crippen molar-refractivity contribution in [2.45, 2.75) is 31.1 Å². The van der Waals surface area contributed by atoms with Gasteiger partial charge in [0.15, 0.2) is 0 Å². The molecule has 1 aromatic carbocycles. The third-order valence-corrected chi connectivity index (χ3v) is 3.52. The summed E-state index contributed by atoms with van der Waals surface area (Å²) in [6.45, 7) is 0. The third kappa shape index (κ3) is 1.61. The van der Waals surface area contributed by atoms with Crippen LogP contribution in [0.15, 0.2) is 18.2 Å². The maximum atomic E-state index is 13.3. The summed E-state index contributed by atoms with van der Waals surface area (Å²) in [5.74, 6) is -0.435. The summed E-state index contributed by atoms with van der Waals surface area (Å²) in [6.07, 6.45) is 3.60. The van der Waals surface area contributed by atoms with E-state index < -0.39 is 11.2 Å². The minimum absolute atomic E-state index is 0.112. The molecule has 15 heavy (non-hydrogen) atoms. The molecule has 1 nitrogen and oxygen atoms in total. The van der Waals surface area contributed by atoms with Gasteiger partial charge in [-0.25, -0.2) is 4.39 Å². The van der Waals surface area contributed by atoms with Crippen LogP contribution in [0.5, 0.6) is 0 Å². The Morgan fingerprint density at radius 2 is 2.00 bits per heavy atom. The summed E-state index contributed by atoms with van der Waals surface area (Å²) >= 11 is 5.92. The highest BCUT2D eigenvalue weighted by molar-refractivity contribution is 6.31. The molecular formula is C12H11ClFN. The van der Waals surface area contributed by atoms with Crippen LogP contribution in [-0.4, -0.2) is 0 Å². The molecule has 78 valence electrons. The van der Waals surface area contributed by atoms with Crippen LogP contribution < -0.4 is 0 Å². The number of rotatable bonds is 1. The molecule has 0 heterocycles. The second kappa shape index (κ2) is 3.83. The molecule has 0 unspecified atom stereocenters. The zero-order valence-corrected chi connectivity index (χ0v) is 9.02. The lowest BCUT2D eigenvalue weighted by atomic mass is 9.80. The first-order valence-corrected chi connectivity index (χ1v) is 5.43. The summed E-state index contributed by atoms with van der Waals surface area (Å²) in [7, 11) is 0. The second-order valence-electron chi connectivity index (χ2n) is 4.00. The summed E-state index contributed by atoms with van der Waals surface area (Å²) in [5, 5.41) is 9.37. The predicted molar refractivity (Wildman–Crippen MR) is 57.2 cm³/mol. The smallest absolute Gasteiger partial charge is 0.142 e. The molecule has 0 N–H and O–H groups in total. The Morgan fingerprint density at radius 3 is 2.60 bits per heavy atom. The fraction of sp³-hybridized carbons (Fsp3) is 0.417. The monoisotopic (exact) mass is 223 g/mol. The van der Waals surface area contributed by atoms with Crippen molar-refractivity contribution in [2.75, 3.05) is 0 Å². The number of nitrogens with zero attached hydrogens (tertiary/aromatic N) is 1. The van der Waals surface area contributed by atoms with Crippen molar-refractivity contribution in [3.05, 3.63) is 34.6 Å². The first kappa shape index (κ1) is 10.4. The fourth-order valence-corrected chi connectivity index (χ4v) is 2.60. The van der Waals surface area contributed by atoms with E-state index in [2.05, 4.69) is 6.07 Å². The van der Waals surface area contributed by atoms with Crippen molar-refractivity contribution >= 4 is 11.6 Å². The minimum Gasteiger partial charge on any atom is -0.205 e. The zero-order chi connectivity index (χ0) is 10.9. The van der Waals surface area contributed by atoms with Crippen molar-refractivity contribution in [2.24, 2.45) is 0 Å². The van der Waals surface area contributed by atoms with Gasteiger partial charge in [-0.1, -0.05) is 36.6 Å². The van der Waals surface area contributed by atoms with Gasteiger partial charge in [0, 0.05) is 0 Å². The van der Waals surface area contributed by atoms with Crippen LogP contribution in [0.4, 0.5) is 4.39 Å². The Morgan fingerprint density at radius 1 is 1.33 bits per heavy atom. The van der Waals surface area contributed by atoms with Gasteiger partial charge in [0.1, 0.15) is 5.82 Å². The van der Waals surface area contributed by atoms with E-state index in [1.807, 2.05) is 0 Å². The van der Waals surface area contributed by atoms with E-state index in [-0.39, 0.29) is 5.02 Å². The molecule has 0 radical (unpaired) electrons. The molecule has 0 spiro atoms. The minimum atomic E-state index is -0.556. The lowest BCUT2D eigenvalue weighted by Gasteiger charge is -2.21. The molecule has 1 aliphatic carbocycles. The van der Waals surface area contributed by atoms with Crippen molar-refractivity contribution < 1.29 is 4.39 Å². The Hall–Kier alpha value is -1.07. The number of benzene rings is 1. The van der Waals surface area contributed by atoms with Crippen LogP contribution in [-0.2, 0) is 5.41 Å². The molecule has 0 bridgehead atoms. The summed E-state index contributed by atoms with van der Waals surface area (Å²) in [4.78, 5) is 0. The highest BCUT2D eigenvalue weighted by atomic mass is 35.5. The molecule has 0 aliphatic heterocycles. The number of halogens is 2. The average molecular weight is 224 g/mol. The Kier molecular flexibility index (Phi) is 2.67. The van der Waals surface area contributed by atoms with Gasteiger partial charge < -0.3 is 0 Å². The van der Waals surface area contributed by atoms with E-state index in [9.17, 15) is 9.65 Å². The van der Waals surface area contributed by atoms with Gasteiger partial charge in [-0.2, -0.15) is 5.26 Å². The van der Waals surface area contributed by atoms with E-state index in [1.165, 1.54) is 6.07 Å². The average Bonchev–Trinajstić information content (AvgIpc) is 2.72. The molecule has 1 aromatic rings. The Balaban J connectivity index is 2.53. The van der Waals surface area contributed by atoms with Crippen LogP contribution in [0.1, 0.15) is 31.2 Å². The van der Waals surface area contributed by atoms with E-state index in [4.69, 9.17) is 11.6 Å². The van der Waals surface area contributed by atoms with Crippen LogP contribution >= 0.6 is 11.6 Å². The highest BCUT2D eigenvalue weighted by Crippen LogP contribution is 2.43. The van der Waals surface area contributed by atoms with E-state index in [0.717, 1.165) is 25.7 Å². The van der Waals surface area contributed by atoms with Gasteiger partial charge in [-0.05, 0) is 24.5 Å². The second-order valence-corrected chi connectivity index (χ2v) is 4.38. The van der Waals surface area contributed by atoms with Gasteiger partial charge in [-0.3, -0.25) is 0 Å². The molecule has 0 atom stereocenters. The number of hydrogen-bond acceptors (Lipinski definition) is 1. The molecule has 0 amide bonds. The van der Waals surface area contributed by atoms with Gasteiger partial charge in [0.05, 0.1) is 16.5 Å². The van der Waals surface area contributed by atoms with Gasteiger partial charge in [0.25, 0.3) is 0 Å². The zero-order valence-electron chi connectivity index (χ0n) is 8.26. The quantitative estimate of drug-likeness (QED) is 0.710. The Bertz CT molecular complexity index is 416. The van der Waals surface area contributed by atoms with E-state index in [1.54, 1.807) is 12.1 Å². The van der Waals surface area contributed by atoms with Crippen molar-refractivity contribution in [3.63, 3.8) is 0 Å². The van der Waals surface area contributed by atoms with E-state index in [0.29, 0.717) is 5.56 Å². The maximum Gasteiger partial charge on any atom is 0.142 e. The van der Waals surface area contributed by atoms with Crippen LogP contribution in [0.3, 0.4) is 0 Å². The largest absolute Gasteiger partial charge is 0.205 e. The highest BCUT2D eigenvalue weighted by Gasteiger charge is 2.37. The normalized spacial score (nSPS) is 18.7. The van der Waals surface area contributed by atoms with Gasteiger partial charge in [0.2, 0.25) is 0 Å². The van der Waals surface area contributed by atoms with Crippen molar-refractivity contribution in [1.82, 2.24) is 0 Å². The predicted octanol–water partition coefficient (Wildman–Crippen LogP) is 3.81. The topological polar surface area (TPSA) is 23.8 Å². The summed E-state index contributed by atoms with van der Waals surface area (Å²) in [6, 6.07) is 7.02. The van der Waals surface area contributed by atoms with Crippen LogP contribution in [0.2, 0.25) is 5.02 Å². The molecular weight excluding hydrogens is 213 g/mol. The van der Waals surface area contributed by atoms with Crippen molar-refractivity contribution in [3.8, 4) is 6.07 Å². The summed E-state index contributed by atoms with van der Waals surface area (Å²) in [5.41, 5.74) is 0.100. The number of nitriles is 1. The third-order valence-electron chi connectivity index (χ3n) is 3.14. The molecule has 3 heteroatoms. The lowest BCUT2D eigenvalue weighted by Crippen LogP contribution is -2.20. The molecule has 1 fully saturated rings. The summed E-state index contributed by atoms with van der Waals surface area (Å²) < 4.78 is 13.3. The van der Waals surface area contributed by atoms with Crippen molar-refractivity contribution in [1.29, 1.82) is 5.26 Å². The SMILES string of the molecule is N#CC1(c2cccc(F)c2Cl)CCCC1. The molecule has 0 aromatic heterocycles. The molecule has 2 rings (SSSR count). The first-order chi connectivity index (χ1) is 7.19. The van der Waals surface area contributed by atoms with Crippen LogP contribution in [0.25, 0.3) is 0 Å². The van der Waals surface area contributed by atoms with Gasteiger partial charge in [-0.15, -0.1) is 0 Å². The molecule has 0 saturated heterocycles. The standard InChI is InChI=1S/C12H11ClFN/c13-11-9(4-3-5-10(11)14)12(8-15)6-1-2-7-12/h3-5H,1-2,6-7H2. The maximum absolute atomic E-state index is 13.3. The van der Waals surface area contributed by atoms with Gasteiger partial charge >= 0.3 is 0 Å². The first-order valence-electron chi connectivity index (χ1n) is 5.05. The molecule has 1 saturated carbocycles. The van der Waals surface area contributed by atoms with Crippen LogP contribution in [0, 0.1) is 17.1 Å². The lowest BCUT2D eigenvalue weighted by molar-refractivity contribution is 0.560. The molecule has 1 aliphatic rings. The Labute approximate surface area is 93.5 Å². The van der Waals surface area contributed by atoms with E-state index >= 15 is 0 Å².